The molecule has 0 N–H and O–H groups in total. The van der Waals surface area contributed by atoms with Crippen LogP contribution in [-0.2, 0) is 6.42 Å². The number of nitro groups is 1. The molecule has 1 aliphatic heterocycles. The van der Waals surface area contributed by atoms with Gasteiger partial charge in [-0.05, 0) is 37.1 Å². The van der Waals surface area contributed by atoms with Gasteiger partial charge >= 0.3 is 0 Å². The van der Waals surface area contributed by atoms with Gasteiger partial charge in [-0.3, -0.25) is 19.8 Å². The maximum absolute atomic E-state index is 14.0. The fourth-order valence-corrected chi connectivity index (χ4v) is 3.41. The van der Waals surface area contributed by atoms with E-state index in [0.717, 1.165) is 30.8 Å². The van der Waals surface area contributed by atoms with Gasteiger partial charge in [0.1, 0.15) is 11.6 Å². The molecule has 1 aliphatic rings. The second-order valence-electron chi connectivity index (χ2n) is 7.09. The van der Waals surface area contributed by atoms with E-state index in [2.05, 4.69) is 4.90 Å². The van der Waals surface area contributed by atoms with Crippen LogP contribution in [0.25, 0.3) is 0 Å². The quantitative estimate of drug-likeness (QED) is 0.549. The zero-order valence-electron chi connectivity index (χ0n) is 16.6. The topological polar surface area (TPSA) is 75.9 Å². The van der Waals surface area contributed by atoms with Crippen molar-refractivity contribution in [2.75, 3.05) is 39.8 Å². The fraction of sp³-hybridized carbons (Fsp3) is 0.381. The second kappa shape index (κ2) is 9.00. The Kier molecular flexibility index (Phi) is 6.43. The van der Waals surface area contributed by atoms with Crippen LogP contribution in [0, 0.1) is 22.9 Å². The van der Waals surface area contributed by atoms with Crippen LogP contribution in [0.4, 0.5) is 10.1 Å². The van der Waals surface area contributed by atoms with E-state index in [1.807, 2.05) is 24.3 Å². The molecule has 1 saturated heterocycles. The maximum Gasteiger partial charge on any atom is 0.276 e. The Morgan fingerprint density at radius 1 is 1.17 bits per heavy atom. The summed E-state index contributed by atoms with van der Waals surface area (Å²) in [7, 11) is 1.64. The van der Waals surface area contributed by atoms with Crippen LogP contribution in [-0.4, -0.2) is 60.5 Å². The Morgan fingerprint density at radius 2 is 1.83 bits per heavy atom. The molecule has 0 unspecified atom stereocenters. The van der Waals surface area contributed by atoms with Gasteiger partial charge in [-0.25, -0.2) is 4.39 Å². The van der Waals surface area contributed by atoms with E-state index in [0.29, 0.717) is 26.2 Å². The number of nitrogens with zero attached hydrogens (tertiary/aromatic N) is 3. The number of methoxy groups -OCH3 is 1. The third-order valence-corrected chi connectivity index (χ3v) is 5.30. The molecule has 0 aliphatic carbocycles. The van der Waals surface area contributed by atoms with Crippen molar-refractivity contribution in [3.05, 3.63) is 69.0 Å². The number of benzene rings is 2. The third-order valence-electron chi connectivity index (χ3n) is 5.30. The molecule has 0 spiro atoms. The lowest BCUT2D eigenvalue weighted by Gasteiger charge is -2.34. The molecule has 1 heterocycles. The highest BCUT2D eigenvalue weighted by Crippen LogP contribution is 2.24. The summed E-state index contributed by atoms with van der Waals surface area (Å²) in [5.74, 6) is -0.281. The molecule has 1 amide bonds. The van der Waals surface area contributed by atoms with Crippen molar-refractivity contribution < 1.29 is 18.8 Å². The first-order valence-electron chi connectivity index (χ1n) is 9.48. The molecule has 8 heteroatoms. The van der Waals surface area contributed by atoms with Gasteiger partial charge in [0.05, 0.1) is 17.6 Å². The van der Waals surface area contributed by atoms with Gasteiger partial charge in [-0.2, -0.15) is 0 Å². The van der Waals surface area contributed by atoms with Crippen molar-refractivity contribution in [1.82, 2.24) is 9.80 Å². The second-order valence-corrected chi connectivity index (χ2v) is 7.09. The van der Waals surface area contributed by atoms with Crippen LogP contribution >= 0.6 is 0 Å². The lowest BCUT2D eigenvalue weighted by molar-refractivity contribution is -0.385. The molecule has 0 aromatic heterocycles. The lowest BCUT2D eigenvalue weighted by Crippen LogP contribution is -2.49. The molecular formula is C21H24FN3O4. The van der Waals surface area contributed by atoms with E-state index in [9.17, 15) is 19.3 Å². The highest BCUT2D eigenvalue weighted by atomic mass is 19.1. The standard InChI is InChI=1S/C21H24FN3O4/c1-15-19(22)13-17(14-20(15)25(27)28)21(26)24-11-9-23(10-12-24)8-7-16-3-5-18(29-2)6-4-16/h3-6,13-14H,7-12H2,1-2H3. The van der Waals surface area contributed by atoms with Crippen LogP contribution in [0.1, 0.15) is 21.5 Å². The largest absolute Gasteiger partial charge is 0.497 e. The van der Waals surface area contributed by atoms with Gasteiger partial charge in [-0.15, -0.1) is 0 Å². The Hall–Kier alpha value is -3.00. The fourth-order valence-electron chi connectivity index (χ4n) is 3.41. The van der Waals surface area contributed by atoms with Gasteiger partial charge in [0.2, 0.25) is 0 Å². The highest BCUT2D eigenvalue weighted by Gasteiger charge is 2.25. The molecule has 154 valence electrons. The summed E-state index contributed by atoms with van der Waals surface area (Å²) < 4.78 is 19.2. The van der Waals surface area contributed by atoms with Crippen LogP contribution in [0.3, 0.4) is 0 Å². The summed E-state index contributed by atoms with van der Waals surface area (Å²) in [4.78, 5) is 27.0. The summed E-state index contributed by atoms with van der Waals surface area (Å²) in [5.41, 5.74) is 0.805. The van der Waals surface area contributed by atoms with Gasteiger partial charge in [0.25, 0.3) is 11.6 Å². The average molecular weight is 401 g/mol. The molecule has 0 radical (unpaired) electrons. The van der Waals surface area contributed by atoms with E-state index >= 15 is 0 Å². The van der Waals surface area contributed by atoms with Crippen molar-refractivity contribution in [2.24, 2.45) is 0 Å². The first-order valence-corrected chi connectivity index (χ1v) is 9.48. The van der Waals surface area contributed by atoms with Gasteiger partial charge in [0, 0.05) is 44.4 Å². The number of hydrogen-bond donors (Lipinski definition) is 0. The summed E-state index contributed by atoms with van der Waals surface area (Å²) in [5, 5.41) is 11.1. The first kappa shape index (κ1) is 20.7. The summed E-state index contributed by atoms with van der Waals surface area (Å²) in [6.07, 6.45) is 0.896. The molecule has 2 aromatic rings. The smallest absolute Gasteiger partial charge is 0.276 e. The van der Waals surface area contributed by atoms with Crippen molar-refractivity contribution >= 4 is 11.6 Å². The van der Waals surface area contributed by atoms with E-state index in [1.165, 1.54) is 12.5 Å². The first-order chi connectivity index (χ1) is 13.9. The minimum atomic E-state index is -0.735. The van der Waals surface area contributed by atoms with Gasteiger partial charge in [-0.1, -0.05) is 12.1 Å². The molecule has 2 aromatic carbocycles. The monoisotopic (exact) mass is 401 g/mol. The molecule has 0 atom stereocenters. The minimum Gasteiger partial charge on any atom is -0.497 e. The summed E-state index contributed by atoms with van der Waals surface area (Å²) in [6, 6.07) is 10.2. The van der Waals surface area contributed by atoms with Crippen LogP contribution in [0.2, 0.25) is 0 Å². The average Bonchev–Trinajstić information content (AvgIpc) is 2.74. The molecular weight excluding hydrogens is 377 g/mol. The van der Waals surface area contributed by atoms with Crippen LogP contribution < -0.4 is 4.74 Å². The molecule has 7 nitrogen and oxygen atoms in total. The number of amides is 1. The van der Waals surface area contributed by atoms with Crippen molar-refractivity contribution in [3.8, 4) is 5.75 Å². The zero-order valence-corrected chi connectivity index (χ0v) is 16.6. The number of carbonyl (C=O) groups is 1. The molecule has 29 heavy (non-hydrogen) atoms. The van der Waals surface area contributed by atoms with Crippen LogP contribution in [0.5, 0.6) is 5.75 Å². The van der Waals surface area contributed by atoms with Crippen LogP contribution in [0.15, 0.2) is 36.4 Å². The van der Waals surface area contributed by atoms with Crippen molar-refractivity contribution in [1.29, 1.82) is 0 Å². The number of ether oxygens (including phenoxy) is 1. The molecule has 0 bridgehead atoms. The number of nitro benzene ring substituents is 1. The Balaban J connectivity index is 1.56. The maximum atomic E-state index is 14.0. The number of halogens is 1. The Morgan fingerprint density at radius 3 is 2.41 bits per heavy atom. The normalized spacial score (nSPS) is 14.7. The third kappa shape index (κ3) is 4.89. The minimum absolute atomic E-state index is 0.0199. The van der Waals surface area contributed by atoms with Gasteiger partial charge in [0.15, 0.2) is 0 Å². The zero-order chi connectivity index (χ0) is 21.0. The van der Waals surface area contributed by atoms with Gasteiger partial charge < -0.3 is 9.64 Å². The summed E-state index contributed by atoms with van der Waals surface area (Å²) >= 11 is 0. The summed E-state index contributed by atoms with van der Waals surface area (Å²) in [6.45, 7) is 4.63. The van der Waals surface area contributed by atoms with E-state index in [-0.39, 0.29) is 22.7 Å². The van der Waals surface area contributed by atoms with E-state index < -0.39 is 10.7 Å². The van der Waals surface area contributed by atoms with Crippen molar-refractivity contribution in [3.63, 3.8) is 0 Å². The Bertz CT molecular complexity index is 894. The number of rotatable bonds is 6. The predicted molar refractivity (Wildman–Crippen MR) is 107 cm³/mol. The number of hydrogen-bond acceptors (Lipinski definition) is 5. The molecule has 1 fully saturated rings. The molecule has 3 rings (SSSR count). The van der Waals surface area contributed by atoms with E-state index in [4.69, 9.17) is 4.74 Å². The SMILES string of the molecule is COc1ccc(CCN2CCN(C(=O)c3cc(F)c(C)c([N+](=O)[O-])c3)CC2)cc1. The van der Waals surface area contributed by atoms with Crippen molar-refractivity contribution in [2.45, 2.75) is 13.3 Å². The lowest BCUT2D eigenvalue weighted by atomic mass is 10.1. The molecule has 0 saturated carbocycles. The Labute approximate surface area is 168 Å². The number of piperazine rings is 1. The number of carbonyl (C=O) groups excluding carboxylic acids is 1. The predicted octanol–water partition coefficient (Wildman–Crippen LogP) is 3.05. The highest BCUT2D eigenvalue weighted by molar-refractivity contribution is 5.95. The van der Waals surface area contributed by atoms with E-state index in [1.54, 1.807) is 12.0 Å².